The minimum absolute atomic E-state index is 0.165. The lowest BCUT2D eigenvalue weighted by Crippen LogP contribution is -2.14. The van der Waals surface area contributed by atoms with E-state index in [4.69, 9.17) is 0 Å². The summed E-state index contributed by atoms with van der Waals surface area (Å²) in [6.07, 6.45) is 3.76. The van der Waals surface area contributed by atoms with Gasteiger partial charge < -0.3 is 0 Å². The Morgan fingerprint density at radius 2 is 1.42 bits per heavy atom. The highest BCUT2D eigenvalue weighted by atomic mass is 16.1. The van der Waals surface area contributed by atoms with Crippen molar-refractivity contribution in [3.63, 3.8) is 0 Å². The molecule has 0 atom stereocenters. The van der Waals surface area contributed by atoms with E-state index in [2.05, 4.69) is 24.3 Å². The summed E-state index contributed by atoms with van der Waals surface area (Å²) in [5.74, 6) is 0.165. The van der Waals surface area contributed by atoms with Crippen LogP contribution in [0.1, 0.15) is 27.9 Å². The van der Waals surface area contributed by atoms with E-state index in [1.54, 1.807) is 0 Å². The highest BCUT2D eigenvalue weighted by molar-refractivity contribution is 6.13. The molecule has 0 heterocycles. The van der Waals surface area contributed by atoms with Crippen molar-refractivity contribution in [1.29, 1.82) is 0 Å². The summed E-state index contributed by atoms with van der Waals surface area (Å²) < 4.78 is 0. The second kappa shape index (κ2) is 6.29. The van der Waals surface area contributed by atoms with Crippen LogP contribution in [0.15, 0.2) is 84.4 Å². The standard InChI is InChI=1S/C23H18O/c24-23-21(15-17-7-3-1-4-8-17)14-12-19-11-13-20(16-22(19)23)18-9-5-2-6-10-18/h1-11,13,15-16H,12,14H2/b21-15+. The zero-order chi connectivity index (χ0) is 16.4. The summed E-state index contributed by atoms with van der Waals surface area (Å²) in [6.45, 7) is 0. The summed E-state index contributed by atoms with van der Waals surface area (Å²) in [5, 5.41) is 0. The topological polar surface area (TPSA) is 17.1 Å². The van der Waals surface area contributed by atoms with Crippen LogP contribution in [-0.2, 0) is 6.42 Å². The fourth-order valence-corrected chi connectivity index (χ4v) is 3.26. The molecule has 3 aromatic carbocycles. The molecule has 0 spiro atoms. The minimum Gasteiger partial charge on any atom is -0.289 e. The van der Waals surface area contributed by atoms with Gasteiger partial charge in [-0.3, -0.25) is 4.79 Å². The van der Waals surface area contributed by atoms with Gasteiger partial charge in [0.15, 0.2) is 5.78 Å². The van der Waals surface area contributed by atoms with E-state index in [1.165, 1.54) is 0 Å². The quantitative estimate of drug-likeness (QED) is 0.566. The van der Waals surface area contributed by atoms with Gasteiger partial charge in [-0.2, -0.15) is 0 Å². The number of fused-ring (bicyclic) bond motifs is 1. The highest BCUT2D eigenvalue weighted by Gasteiger charge is 2.22. The molecule has 1 nitrogen and oxygen atoms in total. The Balaban J connectivity index is 1.73. The van der Waals surface area contributed by atoms with E-state index in [0.29, 0.717) is 0 Å². The Kier molecular flexibility index (Phi) is 3.84. The van der Waals surface area contributed by atoms with Gasteiger partial charge in [0.05, 0.1) is 0 Å². The fourth-order valence-electron chi connectivity index (χ4n) is 3.26. The maximum atomic E-state index is 12.9. The number of allylic oxidation sites excluding steroid dienone is 1. The molecule has 116 valence electrons. The van der Waals surface area contributed by atoms with E-state index in [0.717, 1.165) is 46.2 Å². The second-order valence-corrected chi connectivity index (χ2v) is 6.15. The van der Waals surface area contributed by atoms with Crippen LogP contribution in [0.5, 0.6) is 0 Å². The third kappa shape index (κ3) is 2.81. The molecule has 24 heavy (non-hydrogen) atoms. The molecule has 1 heteroatoms. The maximum absolute atomic E-state index is 12.9. The van der Waals surface area contributed by atoms with Crippen LogP contribution in [0.4, 0.5) is 0 Å². The first-order valence-electron chi connectivity index (χ1n) is 8.30. The molecular formula is C23H18O. The normalized spacial score (nSPS) is 15.3. The van der Waals surface area contributed by atoms with Crippen LogP contribution >= 0.6 is 0 Å². The maximum Gasteiger partial charge on any atom is 0.189 e. The van der Waals surface area contributed by atoms with E-state index in [9.17, 15) is 4.79 Å². The molecule has 0 aromatic heterocycles. The monoisotopic (exact) mass is 310 g/mol. The molecule has 4 rings (SSSR count). The van der Waals surface area contributed by atoms with Crippen LogP contribution in [0.3, 0.4) is 0 Å². The van der Waals surface area contributed by atoms with Gasteiger partial charge >= 0.3 is 0 Å². The number of Topliss-reactive ketones (excluding diaryl/α,β-unsaturated/α-hetero) is 1. The van der Waals surface area contributed by atoms with Crippen molar-refractivity contribution in [1.82, 2.24) is 0 Å². The van der Waals surface area contributed by atoms with Gasteiger partial charge in [0.1, 0.15) is 0 Å². The molecule has 0 aliphatic heterocycles. The molecule has 1 aliphatic rings. The number of aryl methyl sites for hydroxylation is 1. The summed E-state index contributed by atoms with van der Waals surface area (Å²) in [4.78, 5) is 12.9. The van der Waals surface area contributed by atoms with Gasteiger partial charge in [-0.05, 0) is 47.2 Å². The Morgan fingerprint density at radius 3 is 2.17 bits per heavy atom. The van der Waals surface area contributed by atoms with E-state index >= 15 is 0 Å². The van der Waals surface area contributed by atoms with Crippen LogP contribution in [-0.4, -0.2) is 5.78 Å². The molecule has 0 amide bonds. The van der Waals surface area contributed by atoms with Gasteiger partial charge in [0, 0.05) is 11.1 Å². The Morgan fingerprint density at radius 1 is 0.708 bits per heavy atom. The van der Waals surface area contributed by atoms with Gasteiger partial charge in [-0.1, -0.05) is 72.8 Å². The van der Waals surface area contributed by atoms with Crippen molar-refractivity contribution in [3.8, 4) is 11.1 Å². The first-order chi connectivity index (χ1) is 11.8. The SMILES string of the molecule is O=C1/C(=C/c2ccccc2)CCc2ccc(-c3ccccc3)cc21. The summed E-state index contributed by atoms with van der Waals surface area (Å²) >= 11 is 0. The molecule has 1 aliphatic carbocycles. The number of ketones is 1. The molecule has 0 saturated carbocycles. The lowest BCUT2D eigenvalue weighted by atomic mass is 9.84. The molecular weight excluding hydrogens is 292 g/mol. The number of hydrogen-bond acceptors (Lipinski definition) is 1. The summed E-state index contributed by atoms with van der Waals surface area (Å²) in [6, 6.07) is 26.6. The van der Waals surface area contributed by atoms with Gasteiger partial charge in [0.25, 0.3) is 0 Å². The van der Waals surface area contributed by atoms with Crippen LogP contribution in [0, 0.1) is 0 Å². The first kappa shape index (κ1) is 14.6. The van der Waals surface area contributed by atoms with Crippen molar-refractivity contribution in [2.75, 3.05) is 0 Å². The number of carbonyl (C=O) groups is 1. The average molecular weight is 310 g/mol. The second-order valence-electron chi connectivity index (χ2n) is 6.15. The van der Waals surface area contributed by atoms with Gasteiger partial charge in [-0.15, -0.1) is 0 Å². The number of hydrogen-bond donors (Lipinski definition) is 0. The van der Waals surface area contributed by atoms with Crippen molar-refractivity contribution in [2.24, 2.45) is 0 Å². The number of carbonyl (C=O) groups excluding carboxylic acids is 1. The van der Waals surface area contributed by atoms with Gasteiger partial charge in [-0.25, -0.2) is 0 Å². The Labute approximate surface area is 142 Å². The molecule has 0 bridgehead atoms. The van der Waals surface area contributed by atoms with Crippen LogP contribution in [0.2, 0.25) is 0 Å². The summed E-state index contributed by atoms with van der Waals surface area (Å²) in [7, 11) is 0. The van der Waals surface area contributed by atoms with Crippen molar-refractivity contribution in [3.05, 3.63) is 101 Å². The predicted octanol–water partition coefficient (Wildman–Crippen LogP) is 5.57. The smallest absolute Gasteiger partial charge is 0.189 e. The summed E-state index contributed by atoms with van der Waals surface area (Å²) in [5.41, 5.74) is 6.24. The molecule has 0 unspecified atom stereocenters. The highest BCUT2D eigenvalue weighted by Crippen LogP contribution is 2.30. The largest absolute Gasteiger partial charge is 0.289 e. The molecule has 0 saturated heterocycles. The van der Waals surface area contributed by atoms with Gasteiger partial charge in [0.2, 0.25) is 0 Å². The molecule has 3 aromatic rings. The number of rotatable bonds is 2. The third-order valence-electron chi connectivity index (χ3n) is 4.56. The molecule has 0 radical (unpaired) electrons. The minimum atomic E-state index is 0.165. The Hall–Kier alpha value is -2.93. The molecule has 0 fully saturated rings. The van der Waals surface area contributed by atoms with E-state index in [1.807, 2.05) is 60.7 Å². The zero-order valence-electron chi connectivity index (χ0n) is 13.4. The predicted molar refractivity (Wildman–Crippen MR) is 98.9 cm³/mol. The average Bonchev–Trinajstić information content (AvgIpc) is 2.65. The fraction of sp³-hybridized carbons (Fsp3) is 0.0870. The van der Waals surface area contributed by atoms with E-state index < -0.39 is 0 Å². The lowest BCUT2D eigenvalue weighted by molar-refractivity contribution is 0.102. The third-order valence-corrected chi connectivity index (χ3v) is 4.56. The van der Waals surface area contributed by atoms with Crippen LogP contribution in [0.25, 0.3) is 17.2 Å². The molecule has 0 N–H and O–H groups in total. The Bertz CT molecular complexity index is 905. The van der Waals surface area contributed by atoms with Crippen molar-refractivity contribution < 1.29 is 4.79 Å². The van der Waals surface area contributed by atoms with E-state index in [-0.39, 0.29) is 5.78 Å². The lowest BCUT2D eigenvalue weighted by Gasteiger charge is -2.18. The first-order valence-corrected chi connectivity index (χ1v) is 8.30. The van der Waals surface area contributed by atoms with Crippen molar-refractivity contribution >= 4 is 11.9 Å². The van der Waals surface area contributed by atoms with Crippen molar-refractivity contribution in [2.45, 2.75) is 12.8 Å². The zero-order valence-corrected chi connectivity index (χ0v) is 13.4. The number of benzene rings is 3. The van der Waals surface area contributed by atoms with Crippen LogP contribution < -0.4 is 0 Å².